The molecule has 3 heteroatoms. The van der Waals surface area contributed by atoms with Gasteiger partial charge in [0.2, 0.25) is 5.91 Å². The lowest BCUT2D eigenvalue weighted by Crippen LogP contribution is -2.39. The summed E-state index contributed by atoms with van der Waals surface area (Å²) < 4.78 is 0. The number of Topliss-reactive ketones (excluding diaryl/α,β-unsaturated/α-hetero) is 1. The molecule has 0 saturated carbocycles. The van der Waals surface area contributed by atoms with Crippen LogP contribution >= 0.6 is 0 Å². The molecule has 24 heavy (non-hydrogen) atoms. The van der Waals surface area contributed by atoms with Gasteiger partial charge in [-0.25, -0.2) is 0 Å². The molecule has 3 nitrogen and oxygen atoms in total. The summed E-state index contributed by atoms with van der Waals surface area (Å²) in [4.78, 5) is 22.7. The molecule has 0 unspecified atom stereocenters. The Morgan fingerprint density at radius 3 is 1.62 bits per heavy atom. The Morgan fingerprint density at radius 2 is 1.21 bits per heavy atom. The van der Waals surface area contributed by atoms with Crippen LogP contribution in [0.1, 0.15) is 20.8 Å². The van der Waals surface area contributed by atoms with Gasteiger partial charge in [0.05, 0.1) is 12.0 Å². The first-order valence-corrected chi connectivity index (χ1v) is 6.76. The van der Waals surface area contributed by atoms with Crippen molar-refractivity contribution in [3.8, 4) is 83.4 Å². The standard InChI is InChI=1S/C21H13NO2/c1-5-6-7-8-9-10-11-12-13-14-15-16-17-18(2)21(24)22-19(3)20(4)23/h1,18-19H,2-4H3,(H,22,24)/t18-,19+/m1/s1. The number of hydrogen-bond acceptors (Lipinski definition) is 2. The predicted octanol–water partition coefficient (Wildman–Crippen LogP) is 0.370. The summed E-state index contributed by atoms with van der Waals surface area (Å²) in [7, 11) is 0. The third kappa shape index (κ3) is 10.8. The highest BCUT2D eigenvalue weighted by Gasteiger charge is 2.15. The Hall–Kier alpha value is -3.94. The number of carbonyl (C=O) groups excluding carboxylic acids is 2. The zero-order chi connectivity index (χ0) is 18.2. The largest absolute Gasteiger partial charge is 0.346 e. The Balaban J connectivity index is 4.50. The van der Waals surface area contributed by atoms with E-state index in [1.165, 1.54) is 6.92 Å². The lowest BCUT2D eigenvalue weighted by molar-refractivity contribution is -0.127. The van der Waals surface area contributed by atoms with Gasteiger partial charge in [0.15, 0.2) is 5.78 Å². The molecule has 0 radical (unpaired) electrons. The van der Waals surface area contributed by atoms with Crippen molar-refractivity contribution in [1.29, 1.82) is 0 Å². The molecule has 0 aromatic rings. The van der Waals surface area contributed by atoms with Crippen molar-refractivity contribution >= 4 is 11.7 Å². The maximum absolute atomic E-state index is 11.7. The SMILES string of the molecule is C#CC#CC#CC#CC#CC#CC#C[C@@H](C)C(=O)N[C@@H](C)C(C)=O. The Kier molecular flexibility index (Phi) is 10.7. The molecule has 0 rings (SSSR count). The van der Waals surface area contributed by atoms with Gasteiger partial charge in [-0.1, -0.05) is 5.92 Å². The van der Waals surface area contributed by atoms with E-state index in [0.717, 1.165) is 0 Å². The Labute approximate surface area is 143 Å². The normalized spacial score (nSPS) is 9.08. The second kappa shape index (κ2) is 12.8. The predicted molar refractivity (Wildman–Crippen MR) is 92.9 cm³/mol. The first-order valence-electron chi connectivity index (χ1n) is 6.76. The lowest BCUT2D eigenvalue weighted by atomic mass is 10.1. The van der Waals surface area contributed by atoms with E-state index >= 15 is 0 Å². The highest BCUT2D eigenvalue weighted by molar-refractivity contribution is 5.89. The number of rotatable bonds is 3. The van der Waals surface area contributed by atoms with Gasteiger partial charge >= 0.3 is 0 Å². The zero-order valence-corrected chi connectivity index (χ0v) is 13.5. The second-order valence-corrected chi connectivity index (χ2v) is 4.23. The molecule has 0 heterocycles. The molecule has 0 bridgehead atoms. The molecule has 0 aliphatic heterocycles. The number of amides is 1. The van der Waals surface area contributed by atoms with E-state index in [-0.39, 0.29) is 11.7 Å². The summed E-state index contributed by atoms with van der Waals surface area (Å²) in [5.41, 5.74) is 0. The number of hydrogen-bond donors (Lipinski definition) is 1. The maximum Gasteiger partial charge on any atom is 0.235 e. The highest BCUT2D eigenvalue weighted by atomic mass is 16.2. The summed E-state index contributed by atoms with van der Waals surface area (Å²) in [5.74, 6) is 30.7. The van der Waals surface area contributed by atoms with E-state index in [2.05, 4.69) is 82.3 Å². The molecule has 0 aromatic heterocycles. The van der Waals surface area contributed by atoms with Crippen molar-refractivity contribution in [3.63, 3.8) is 0 Å². The third-order valence-electron chi connectivity index (χ3n) is 2.35. The second-order valence-electron chi connectivity index (χ2n) is 4.23. The van der Waals surface area contributed by atoms with Crippen LogP contribution in [0.2, 0.25) is 0 Å². The van der Waals surface area contributed by atoms with Gasteiger partial charge in [-0.3, -0.25) is 9.59 Å². The summed E-state index contributed by atoms with van der Waals surface area (Å²) in [6, 6.07) is -0.530. The molecular weight excluding hydrogens is 298 g/mol. The fourth-order valence-corrected chi connectivity index (χ4v) is 0.967. The van der Waals surface area contributed by atoms with Gasteiger partial charge in [-0.2, -0.15) is 0 Å². The van der Waals surface area contributed by atoms with Gasteiger partial charge in [-0.05, 0) is 91.8 Å². The van der Waals surface area contributed by atoms with Gasteiger partial charge in [0, 0.05) is 0 Å². The third-order valence-corrected chi connectivity index (χ3v) is 2.35. The highest BCUT2D eigenvalue weighted by Crippen LogP contribution is 1.94. The fourth-order valence-electron chi connectivity index (χ4n) is 0.967. The monoisotopic (exact) mass is 311 g/mol. The molecule has 0 saturated heterocycles. The molecule has 0 aliphatic rings. The summed E-state index contributed by atoms with van der Waals surface area (Å²) in [5, 5.41) is 2.55. The summed E-state index contributed by atoms with van der Waals surface area (Å²) in [6.45, 7) is 4.64. The van der Waals surface area contributed by atoms with Gasteiger partial charge < -0.3 is 5.32 Å². The summed E-state index contributed by atoms with van der Waals surface area (Å²) in [6.07, 6.45) is 4.91. The van der Waals surface area contributed by atoms with Crippen LogP contribution < -0.4 is 5.32 Å². The Bertz CT molecular complexity index is 909. The molecule has 0 aromatic carbocycles. The Morgan fingerprint density at radius 1 is 0.792 bits per heavy atom. The van der Waals surface area contributed by atoms with Crippen LogP contribution in [-0.2, 0) is 9.59 Å². The van der Waals surface area contributed by atoms with Crippen molar-refractivity contribution < 1.29 is 9.59 Å². The maximum atomic E-state index is 11.7. The van der Waals surface area contributed by atoms with Crippen LogP contribution in [0.15, 0.2) is 0 Å². The van der Waals surface area contributed by atoms with E-state index in [4.69, 9.17) is 6.42 Å². The fraction of sp³-hybridized carbons (Fsp3) is 0.238. The lowest BCUT2D eigenvalue weighted by Gasteiger charge is -2.11. The molecule has 0 spiro atoms. The minimum atomic E-state index is -0.576. The topological polar surface area (TPSA) is 46.2 Å². The number of ketones is 1. The van der Waals surface area contributed by atoms with E-state index in [0.29, 0.717) is 0 Å². The van der Waals surface area contributed by atoms with E-state index in [1.807, 2.05) is 0 Å². The van der Waals surface area contributed by atoms with Crippen molar-refractivity contribution in [1.82, 2.24) is 5.32 Å². The minimum Gasteiger partial charge on any atom is -0.346 e. The van der Waals surface area contributed by atoms with Crippen LogP contribution in [0.3, 0.4) is 0 Å². The van der Waals surface area contributed by atoms with Gasteiger partial charge in [0.1, 0.15) is 0 Å². The molecule has 1 amide bonds. The number of nitrogens with one attached hydrogen (secondary N) is 1. The first kappa shape index (κ1) is 20.1. The number of terminal acetylenes is 1. The van der Waals surface area contributed by atoms with Crippen LogP contribution in [0.4, 0.5) is 0 Å². The van der Waals surface area contributed by atoms with Crippen LogP contribution in [-0.4, -0.2) is 17.7 Å². The molecule has 0 aliphatic carbocycles. The van der Waals surface area contributed by atoms with Crippen molar-refractivity contribution in [3.05, 3.63) is 0 Å². The van der Waals surface area contributed by atoms with Gasteiger partial charge in [-0.15, -0.1) is 6.42 Å². The first-order chi connectivity index (χ1) is 11.5. The summed E-state index contributed by atoms with van der Waals surface area (Å²) >= 11 is 0. The van der Waals surface area contributed by atoms with E-state index in [9.17, 15) is 9.59 Å². The van der Waals surface area contributed by atoms with Gasteiger partial charge in [0.25, 0.3) is 0 Å². The van der Waals surface area contributed by atoms with Crippen LogP contribution in [0, 0.1) is 89.3 Å². The zero-order valence-electron chi connectivity index (χ0n) is 13.5. The van der Waals surface area contributed by atoms with Crippen LogP contribution in [0.25, 0.3) is 0 Å². The van der Waals surface area contributed by atoms with Crippen molar-refractivity contribution in [2.75, 3.05) is 0 Å². The molecule has 114 valence electrons. The van der Waals surface area contributed by atoms with Crippen molar-refractivity contribution in [2.45, 2.75) is 26.8 Å². The average molecular weight is 311 g/mol. The smallest absolute Gasteiger partial charge is 0.235 e. The molecule has 1 N–H and O–H groups in total. The molecule has 2 atom stereocenters. The van der Waals surface area contributed by atoms with E-state index < -0.39 is 12.0 Å². The number of carbonyl (C=O) groups is 2. The average Bonchev–Trinajstić information content (AvgIpc) is 2.55. The molecular formula is C21H13NO2. The minimum absolute atomic E-state index is 0.118. The van der Waals surface area contributed by atoms with E-state index in [1.54, 1.807) is 13.8 Å². The van der Waals surface area contributed by atoms with Crippen molar-refractivity contribution in [2.24, 2.45) is 5.92 Å². The van der Waals surface area contributed by atoms with Crippen LogP contribution in [0.5, 0.6) is 0 Å². The quantitative estimate of drug-likeness (QED) is 0.766. The molecule has 0 fully saturated rings.